The summed E-state index contributed by atoms with van der Waals surface area (Å²) < 4.78 is 10.6. The van der Waals surface area contributed by atoms with Gasteiger partial charge in [0, 0.05) is 12.6 Å². The smallest absolute Gasteiger partial charge is 0.278 e. The molecule has 0 saturated heterocycles. The van der Waals surface area contributed by atoms with Crippen LogP contribution in [0.25, 0.3) is 6.08 Å². The van der Waals surface area contributed by atoms with Crippen molar-refractivity contribution in [1.82, 2.24) is 14.9 Å². The highest BCUT2D eigenvalue weighted by Gasteiger charge is 2.19. The van der Waals surface area contributed by atoms with Crippen molar-refractivity contribution in [2.45, 2.75) is 6.42 Å². The van der Waals surface area contributed by atoms with Crippen molar-refractivity contribution in [1.29, 1.82) is 0 Å². The predicted octanol–water partition coefficient (Wildman–Crippen LogP) is 0.576. The third-order valence-corrected chi connectivity index (χ3v) is 3.00. The fourth-order valence-electron chi connectivity index (χ4n) is 1.98. The van der Waals surface area contributed by atoms with E-state index >= 15 is 0 Å². The highest BCUT2D eigenvalue weighted by atomic mass is 16.6. The van der Waals surface area contributed by atoms with Gasteiger partial charge in [0.1, 0.15) is 13.2 Å². The van der Waals surface area contributed by atoms with Gasteiger partial charge >= 0.3 is 0 Å². The van der Waals surface area contributed by atoms with E-state index in [1.807, 2.05) is 0 Å². The molecule has 0 bridgehead atoms. The maximum absolute atomic E-state index is 12.0. The lowest BCUT2D eigenvalue weighted by Crippen LogP contribution is -2.37. The van der Waals surface area contributed by atoms with Crippen molar-refractivity contribution in [2.24, 2.45) is 0 Å². The maximum atomic E-state index is 12.0. The zero-order chi connectivity index (χ0) is 14.7. The lowest BCUT2D eigenvalue weighted by Gasteiger charge is -2.19. The second-order valence-corrected chi connectivity index (χ2v) is 4.45. The molecule has 1 aromatic rings. The number of amides is 2. The monoisotopic (exact) mass is 287 g/mol. The van der Waals surface area contributed by atoms with Crippen LogP contribution in [0.3, 0.4) is 0 Å². The number of hydrogen-bond donors (Lipinski definition) is 0. The summed E-state index contributed by atoms with van der Waals surface area (Å²) in [4.78, 5) is 32.9. The lowest BCUT2D eigenvalue weighted by molar-refractivity contribution is -0.139. The fraction of sp³-hybridized carbons (Fsp3) is 0.286. The van der Waals surface area contributed by atoms with Gasteiger partial charge in [-0.1, -0.05) is 6.08 Å². The van der Waals surface area contributed by atoms with Crippen LogP contribution in [0.2, 0.25) is 0 Å². The Morgan fingerprint density at radius 2 is 2.10 bits per heavy atom. The first-order chi connectivity index (χ1) is 10.2. The third kappa shape index (κ3) is 2.91. The number of carbonyl (C=O) groups is 2. The zero-order valence-corrected chi connectivity index (χ0v) is 11.2. The van der Waals surface area contributed by atoms with Gasteiger partial charge in [-0.05, 0) is 18.6 Å². The Morgan fingerprint density at radius 1 is 1.29 bits per heavy atom. The summed E-state index contributed by atoms with van der Waals surface area (Å²) in [6.45, 7) is 1.26. The van der Waals surface area contributed by atoms with E-state index in [9.17, 15) is 9.59 Å². The minimum absolute atomic E-state index is 0.302. The van der Waals surface area contributed by atoms with Crippen molar-refractivity contribution in [3.8, 4) is 11.8 Å². The second kappa shape index (κ2) is 5.74. The number of imide groups is 1. The topological polar surface area (TPSA) is 81.6 Å². The van der Waals surface area contributed by atoms with Crippen LogP contribution in [0.15, 0.2) is 24.4 Å². The molecule has 21 heavy (non-hydrogen) atoms. The van der Waals surface area contributed by atoms with Gasteiger partial charge < -0.3 is 9.47 Å². The SMILES string of the molecule is O=C1C=CCCN1C(=O)C=Cc1cnc2c(n1)OCCO2. The average molecular weight is 287 g/mol. The van der Waals surface area contributed by atoms with Gasteiger partial charge in [0.15, 0.2) is 0 Å². The highest BCUT2D eigenvalue weighted by Crippen LogP contribution is 2.24. The van der Waals surface area contributed by atoms with Crippen molar-refractivity contribution in [2.75, 3.05) is 19.8 Å². The van der Waals surface area contributed by atoms with Crippen LogP contribution >= 0.6 is 0 Å². The number of aromatic nitrogens is 2. The van der Waals surface area contributed by atoms with Crippen LogP contribution in [-0.2, 0) is 9.59 Å². The first-order valence-corrected chi connectivity index (χ1v) is 6.57. The Labute approximate surface area is 120 Å². The molecule has 0 aromatic carbocycles. The van der Waals surface area contributed by atoms with Crippen LogP contribution in [0, 0.1) is 0 Å². The molecule has 0 fully saturated rings. The van der Waals surface area contributed by atoms with Gasteiger partial charge in [-0.2, -0.15) is 0 Å². The van der Waals surface area contributed by atoms with E-state index in [4.69, 9.17) is 9.47 Å². The summed E-state index contributed by atoms with van der Waals surface area (Å²) >= 11 is 0. The van der Waals surface area contributed by atoms with E-state index in [2.05, 4.69) is 9.97 Å². The molecule has 0 spiro atoms. The predicted molar refractivity (Wildman–Crippen MR) is 72.5 cm³/mol. The van der Waals surface area contributed by atoms with Gasteiger partial charge in [-0.25, -0.2) is 9.97 Å². The van der Waals surface area contributed by atoms with Crippen LogP contribution in [0.1, 0.15) is 12.1 Å². The Kier molecular flexibility index (Phi) is 3.63. The lowest BCUT2D eigenvalue weighted by atomic mass is 10.2. The Hall–Kier alpha value is -2.70. The third-order valence-electron chi connectivity index (χ3n) is 3.00. The first-order valence-electron chi connectivity index (χ1n) is 6.57. The Balaban J connectivity index is 1.72. The van der Waals surface area contributed by atoms with E-state index in [0.29, 0.717) is 43.6 Å². The van der Waals surface area contributed by atoms with Gasteiger partial charge in [0.25, 0.3) is 23.6 Å². The molecule has 7 nitrogen and oxygen atoms in total. The first kappa shape index (κ1) is 13.3. The summed E-state index contributed by atoms with van der Waals surface area (Å²) in [5, 5.41) is 0. The number of fused-ring (bicyclic) bond motifs is 1. The number of rotatable bonds is 2. The minimum atomic E-state index is -0.374. The maximum Gasteiger partial charge on any atom is 0.278 e. The molecule has 108 valence electrons. The van der Waals surface area contributed by atoms with E-state index in [-0.39, 0.29) is 11.8 Å². The van der Waals surface area contributed by atoms with Crippen LogP contribution in [0.5, 0.6) is 11.8 Å². The van der Waals surface area contributed by atoms with Crippen molar-refractivity contribution in [3.63, 3.8) is 0 Å². The Morgan fingerprint density at radius 3 is 2.90 bits per heavy atom. The van der Waals surface area contributed by atoms with Crippen molar-refractivity contribution < 1.29 is 19.1 Å². The zero-order valence-electron chi connectivity index (χ0n) is 11.2. The molecule has 3 rings (SSSR count). The molecule has 0 unspecified atom stereocenters. The number of ether oxygens (including phenoxy) is 2. The summed E-state index contributed by atoms with van der Waals surface area (Å²) in [6.07, 6.45) is 8.11. The second-order valence-electron chi connectivity index (χ2n) is 4.45. The molecule has 2 aliphatic rings. The molecule has 0 saturated carbocycles. The largest absolute Gasteiger partial charge is 0.470 e. The molecule has 2 aliphatic heterocycles. The molecule has 2 amide bonds. The molecule has 0 radical (unpaired) electrons. The van der Waals surface area contributed by atoms with Gasteiger partial charge in [0.05, 0.1) is 11.9 Å². The van der Waals surface area contributed by atoms with Crippen LogP contribution < -0.4 is 9.47 Å². The summed E-state index contributed by atoms with van der Waals surface area (Å²) in [6, 6.07) is 0. The summed E-state index contributed by atoms with van der Waals surface area (Å²) in [5.41, 5.74) is 0.465. The van der Waals surface area contributed by atoms with Gasteiger partial charge in [-0.15, -0.1) is 0 Å². The molecule has 0 aliphatic carbocycles. The Bertz CT molecular complexity index is 639. The quantitative estimate of drug-likeness (QED) is 0.740. The minimum Gasteiger partial charge on any atom is -0.470 e. The standard InChI is InChI=1S/C14H13N3O4/c18-11-3-1-2-6-17(11)12(19)5-4-10-9-15-13-14(16-10)21-8-7-20-13/h1,3-5,9H,2,6-8H2. The van der Waals surface area contributed by atoms with Crippen molar-refractivity contribution in [3.05, 3.63) is 30.1 Å². The molecule has 7 heteroatoms. The normalized spacial score (nSPS) is 17.3. The molecule has 0 N–H and O–H groups in total. The van der Waals surface area contributed by atoms with Crippen LogP contribution in [-0.4, -0.2) is 46.4 Å². The van der Waals surface area contributed by atoms with E-state index in [1.54, 1.807) is 6.08 Å². The molecule has 0 atom stereocenters. The molecular weight excluding hydrogens is 274 g/mol. The van der Waals surface area contributed by atoms with E-state index < -0.39 is 0 Å². The molecule has 3 heterocycles. The summed E-state index contributed by atoms with van der Waals surface area (Å²) in [7, 11) is 0. The number of hydrogen-bond acceptors (Lipinski definition) is 6. The van der Waals surface area contributed by atoms with Gasteiger partial charge in [0.2, 0.25) is 0 Å². The summed E-state index contributed by atoms with van der Waals surface area (Å²) in [5.74, 6) is -0.0147. The molecular formula is C14H13N3O4. The van der Waals surface area contributed by atoms with Crippen molar-refractivity contribution >= 4 is 17.9 Å². The number of nitrogens with zero attached hydrogens (tertiary/aromatic N) is 3. The van der Waals surface area contributed by atoms with E-state index in [1.165, 1.54) is 29.3 Å². The van der Waals surface area contributed by atoms with E-state index in [0.717, 1.165) is 0 Å². The number of carbonyl (C=O) groups excluding carboxylic acids is 2. The fourth-order valence-corrected chi connectivity index (χ4v) is 1.98. The molecule has 1 aromatic heterocycles. The average Bonchev–Trinajstić information content (AvgIpc) is 2.53. The highest BCUT2D eigenvalue weighted by molar-refractivity contribution is 6.06. The van der Waals surface area contributed by atoms with Crippen LogP contribution in [0.4, 0.5) is 0 Å². The van der Waals surface area contributed by atoms with Gasteiger partial charge in [-0.3, -0.25) is 14.5 Å².